The molecule has 6 unspecified atom stereocenters. The molecule has 2 heterocycles. The number of aromatic hydroxyl groups is 1. The standard InChI is InChI=1S/C33H27ClFN3O6/c1-16-14-17(2-13-26(16)39)28-22-11-12-23-27(31(42)38(44)29(23)40)24(22)15-25-30(41)37(36-21-9-7-20(35)8-10-21)32(43)33(25,28)18-3-5-19(34)6-4-18/h2-11,13-14,23-25,27-28,36,39,44H,12,15H2,1H3. The van der Waals surface area contributed by atoms with Crippen molar-refractivity contribution in [2.75, 3.05) is 5.43 Å². The number of hydroxylamine groups is 2. The molecule has 0 spiro atoms. The van der Waals surface area contributed by atoms with E-state index in [-0.39, 0.29) is 23.7 Å². The number of hydrogen-bond acceptors (Lipinski definition) is 7. The topological polar surface area (TPSA) is 127 Å². The molecule has 2 aliphatic carbocycles. The number of carbonyl (C=O) groups is 4. The molecule has 7 rings (SSSR count). The normalized spacial score (nSPS) is 29.4. The predicted molar refractivity (Wildman–Crippen MR) is 156 cm³/mol. The highest BCUT2D eigenvalue weighted by Gasteiger charge is 2.70. The fraction of sp³-hybridized carbons (Fsp3) is 0.273. The van der Waals surface area contributed by atoms with Gasteiger partial charge in [0, 0.05) is 10.9 Å². The number of amides is 4. The number of nitrogens with zero attached hydrogens (tertiary/aromatic N) is 2. The van der Waals surface area contributed by atoms with Crippen molar-refractivity contribution in [3.8, 4) is 5.75 Å². The third-order valence-electron chi connectivity index (χ3n) is 9.79. The summed E-state index contributed by atoms with van der Waals surface area (Å²) in [6.07, 6.45) is 2.10. The molecule has 3 N–H and O–H groups in total. The molecule has 11 heteroatoms. The van der Waals surface area contributed by atoms with Gasteiger partial charge in [0.1, 0.15) is 11.6 Å². The zero-order valence-corrected chi connectivity index (χ0v) is 24.2. The molecular formula is C33H27ClFN3O6. The van der Waals surface area contributed by atoms with E-state index in [0.29, 0.717) is 33.0 Å². The molecule has 4 aliphatic rings. The zero-order valence-electron chi connectivity index (χ0n) is 23.4. The van der Waals surface area contributed by atoms with Gasteiger partial charge in [0.15, 0.2) is 0 Å². The molecule has 1 saturated carbocycles. The van der Waals surface area contributed by atoms with Crippen LogP contribution in [0.3, 0.4) is 0 Å². The van der Waals surface area contributed by atoms with Crippen molar-refractivity contribution in [2.24, 2.45) is 23.7 Å². The minimum atomic E-state index is -1.52. The van der Waals surface area contributed by atoms with Gasteiger partial charge in [0.2, 0.25) is 0 Å². The molecule has 224 valence electrons. The first-order valence-corrected chi connectivity index (χ1v) is 14.6. The van der Waals surface area contributed by atoms with Crippen LogP contribution in [-0.4, -0.2) is 44.0 Å². The van der Waals surface area contributed by atoms with Gasteiger partial charge in [-0.1, -0.05) is 47.5 Å². The molecule has 3 aromatic rings. The number of nitrogens with one attached hydrogen (secondary N) is 1. The molecule has 2 saturated heterocycles. The predicted octanol–water partition coefficient (Wildman–Crippen LogP) is 4.87. The maximum atomic E-state index is 14.9. The molecule has 9 nitrogen and oxygen atoms in total. The highest BCUT2D eigenvalue weighted by Crippen LogP contribution is 2.64. The van der Waals surface area contributed by atoms with E-state index in [4.69, 9.17) is 11.6 Å². The molecule has 0 radical (unpaired) electrons. The number of anilines is 1. The van der Waals surface area contributed by atoms with Crippen molar-refractivity contribution < 1.29 is 33.9 Å². The number of rotatable bonds is 4. The van der Waals surface area contributed by atoms with Gasteiger partial charge in [-0.2, -0.15) is 10.1 Å². The minimum Gasteiger partial charge on any atom is -0.508 e. The first kappa shape index (κ1) is 28.2. The highest BCUT2D eigenvalue weighted by atomic mass is 35.5. The number of benzene rings is 3. The van der Waals surface area contributed by atoms with Gasteiger partial charge in [-0.25, -0.2) is 4.39 Å². The smallest absolute Gasteiger partial charge is 0.260 e. The largest absolute Gasteiger partial charge is 0.508 e. The van der Waals surface area contributed by atoms with E-state index in [1.807, 2.05) is 6.08 Å². The third-order valence-corrected chi connectivity index (χ3v) is 10.0. The number of allylic oxidation sites excluding steroid dienone is 2. The second-order valence-electron chi connectivity index (χ2n) is 11.9. The highest BCUT2D eigenvalue weighted by molar-refractivity contribution is 6.30. The molecule has 4 amide bonds. The van der Waals surface area contributed by atoms with Crippen LogP contribution in [0.25, 0.3) is 0 Å². The Bertz CT molecular complexity index is 1780. The Balaban J connectivity index is 1.47. The van der Waals surface area contributed by atoms with Gasteiger partial charge in [-0.15, -0.1) is 0 Å². The van der Waals surface area contributed by atoms with Crippen molar-refractivity contribution in [2.45, 2.75) is 31.1 Å². The number of halogens is 2. The number of aryl methyl sites for hydroxylation is 1. The number of fused-ring (bicyclic) bond motifs is 4. The van der Waals surface area contributed by atoms with Crippen molar-refractivity contribution >= 4 is 40.9 Å². The van der Waals surface area contributed by atoms with Crippen LogP contribution >= 0.6 is 11.6 Å². The van der Waals surface area contributed by atoms with Crippen molar-refractivity contribution in [1.29, 1.82) is 0 Å². The molecule has 2 aliphatic heterocycles. The van der Waals surface area contributed by atoms with Crippen LogP contribution in [0.5, 0.6) is 5.75 Å². The first-order valence-electron chi connectivity index (χ1n) is 14.3. The van der Waals surface area contributed by atoms with Crippen LogP contribution in [0, 0.1) is 36.4 Å². The van der Waals surface area contributed by atoms with Gasteiger partial charge >= 0.3 is 0 Å². The number of carbonyl (C=O) groups excluding carboxylic acids is 4. The van der Waals surface area contributed by atoms with E-state index in [1.54, 1.807) is 43.3 Å². The number of phenols is 1. The summed E-state index contributed by atoms with van der Waals surface area (Å²) >= 11 is 6.27. The maximum absolute atomic E-state index is 14.9. The van der Waals surface area contributed by atoms with Crippen LogP contribution in [0.1, 0.15) is 35.4 Å². The van der Waals surface area contributed by atoms with Crippen LogP contribution < -0.4 is 5.43 Å². The Morgan fingerprint density at radius 1 is 0.932 bits per heavy atom. The van der Waals surface area contributed by atoms with Crippen LogP contribution in [0.15, 0.2) is 78.4 Å². The SMILES string of the molecule is Cc1cc(C2C3=CCC4C(=O)N(O)C(=O)C4C3CC3C(=O)N(Nc4ccc(F)cc4)C(=O)C32c2ccc(Cl)cc2)ccc1O. The average Bonchev–Trinajstić information content (AvgIpc) is 3.36. The Morgan fingerprint density at radius 2 is 1.64 bits per heavy atom. The second kappa shape index (κ2) is 10.0. The Kier molecular flexibility index (Phi) is 6.42. The monoisotopic (exact) mass is 615 g/mol. The molecule has 3 aromatic carbocycles. The number of hydrogen-bond donors (Lipinski definition) is 3. The molecular weight excluding hydrogens is 589 g/mol. The fourth-order valence-corrected chi connectivity index (χ4v) is 8.00. The Labute approximate surface area is 256 Å². The van der Waals surface area contributed by atoms with E-state index in [0.717, 1.165) is 5.01 Å². The molecule has 6 atom stereocenters. The maximum Gasteiger partial charge on any atom is 0.260 e. The summed E-state index contributed by atoms with van der Waals surface area (Å²) in [6, 6.07) is 17.0. The summed E-state index contributed by atoms with van der Waals surface area (Å²) in [5.74, 6) is -7.05. The lowest BCUT2D eigenvalue weighted by molar-refractivity contribution is -0.173. The summed E-state index contributed by atoms with van der Waals surface area (Å²) < 4.78 is 13.7. The number of hydrazine groups is 1. The van der Waals surface area contributed by atoms with Gasteiger partial charge in [-0.3, -0.25) is 29.8 Å². The lowest BCUT2D eigenvalue weighted by Gasteiger charge is -2.50. The van der Waals surface area contributed by atoms with Crippen molar-refractivity contribution in [1.82, 2.24) is 10.1 Å². The zero-order chi connectivity index (χ0) is 31.1. The molecule has 0 aromatic heterocycles. The second-order valence-corrected chi connectivity index (χ2v) is 12.3. The fourth-order valence-electron chi connectivity index (χ4n) is 7.87. The summed E-state index contributed by atoms with van der Waals surface area (Å²) in [6.45, 7) is 1.73. The van der Waals surface area contributed by atoms with Crippen LogP contribution in [-0.2, 0) is 24.6 Å². The van der Waals surface area contributed by atoms with Crippen molar-refractivity contribution in [3.63, 3.8) is 0 Å². The molecule has 0 bridgehead atoms. The molecule has 44 heavy (non-hydrogen) atoms. The van der Waals surface area contributed by atoms with Gasteiger partial charge in [0.05, 0.1) is 28.9 Å². The first-order chi connectivity index (χ1) is 21.0. The number of phenolic OH excluding ortho intramolecular Hbond substituents is 1. The summed E-state index contributed by atoms with van der Waals surface area (Å²) in [5, 5.41) is 22.3. The Morgan fingerprint density at radius 3 is 2.32 bits per heavy atom. The van der Waals surface area contributed by atoms with E-state index < -0.39 is 64.5 Å². The van der Waals surface area contributed by atoms with E-state index in [9.17, 15) is 33.9 Å². The van der Waals surface area contributed by atoms with Crippen LogP contribution in [0.2, 0.25) is 5.02 Å². The van der Waals surface area contributed by atoms with E-state index in [1.165, 1.54) is 30.3 Å². The van der Waals surface area contributed by atoms with Gasteiger partial charge < -0.3 is 5.11 Å². The summed E-state index contributed by atoms with van der Waals surface area (Å²) in [7, 11) is 0. The van der Waals surface area contributed by atoms with Crippen LogP contribution in [0.4, 0.5) is 10.1 Å². The minimum absolute atomic E-state index is 0.0526. The van der Waals surface area contributed by atoms with E-state index >= 15 is 0 Å². The third kappa shape index (κ3) is 3.87. The quantitative estimate of drug-likeness (QED) is 0.217. The van der Waals surface area contributed by atoms with Crippen molar-refractivity contribution in [3.05, 3.63) is 106 Å². The van der Waals surface area contributed by atoms with Gasteiger partial charge in [-0.05, 0) is 84.8 Å². The van der Waals surface area contributed by atoms with Gasteiger partial charge in [0.25, 0.3) is 23.6 Å². The Hall–Kier alpha value is -4.54. The van der Waals surface area contributed by atoms with E-state index in [2.05, 4.69) is 5.43 Å². The summed E-state index contributed by atoms with van der Waals surface area (Å²) in [4.78, 5) is 55.4. The lowest BCUT2D eigenvalue weighted by Crippen LogP contribution is -2.53. The number of imide groups is 2. The molecule has 3 fully saturated rings. The lowest BCUT2D eigenvalue weighted by atomic mass is 9.49. The summed E-state index contributed by atoms with van der Waals surface area (Å²) in [5.41, 5.74) is 4.12. The average molecular weight is 616 g/mol.